The highest BCUT2D eigenvalue weighted by molar-refractivity contribution is 9.10. The quantitative estimate of drug-likeness (QED) is 0.606. The second-order valence-corrected chi connectivity index (χ2v) is 6.01. The van der Waals surface area contributed by atoms with Crippen molar-refractivity contribution in [2.75, 3.05) is 0 Å². The standard InChI is InChI=1S/C13H11BrF2N2S/c1-6-10-4-7(5-18(10)13(19)17-6)11-9(15)3-2-8(14)12(11)16/h2-3,7H,4-5H2,1H3,(H,17,19)/t7-/m1/s1. The second kappa shape index (κ2) is 4.52. The molecule has 0 fully saturated rings. The number of benzene rings is 1. The molecule has 6 heteroatoms. The largest absolute Gasteiger partial charge is 0.335 e. The van der Waals surface area contributed by atoms with Crippen LogP contribution in [0.5, 0.6) is 0 Å². The average molecular weight is 345 g/mol. The number of nitrogens with zero attached hydrogens (tertiary/aromatic N) is 1. The Balaban J connectivity index is 2.06. The molecule has 0 saturated heterocycles. The molecule has 2 heterocycles. The molecule has 100 valence electrons. The number of hydrogen-bond acceptors (Lipinski definition) is 1. The van der Waals surface area contributed by atoms with Gasteiger partial charge in [-0.25, -0.2) is 8.78 Å². The summed E-state index contributed by atoms with van der Waals surface area (Å²) in [6.45, 7) is 2.44. The molecule has 1 aliphatic heterocycles. The van der Waals surface area contributed by atoms with Gasteiger partial charge >= 0.3 is 0 Å². The monoisotopic (exact) mass is 344 g/mol. The predicted molar refractivity (Wildman–Crippen MR) is 74.9 cm³/mol. The van der Waals surface area contributed by atoms with Crippen molar-refractivity contribution in [3.05, 3.63) is 50.0 Å². The third kappa shape index (κ3) is 1.97. The average Bonchev–Trinajstić information content (AvgIpc) is 2.88. The van der Waals surface area contributed by atoms with Gasteiger partial charge in [0.05, 0.1) is 4.47 Å². The van der Waals surface area contributed by atoms with Crippen molar-refractivity contribution < 1.29 is 8.78 Å². The van der Waals surface area contributed by atoms with Crippen molar-refractivity contribution in [1.82, 2.24) is 9.55 Å². The van der Waals surface area contributed by atoms with E-state index in [1.807, 2.05) is 11.5 Å². The van der Waals surface area contributed by atoms with Gasteiger partial charge in [-0.15, -0.1) is 0 Å². The first-order chi connectivity index (χ1) is 8.99. The Kier molecular flexibility index (Phi) is 3.09. The van der Waals surface area contributed by atoms with Crippen LogP contribution in [-0.4, -0.2) is 9.55 Å². The Morgan fingerprint density at radius 3 is 2.84 bits per heavy atom. The first-order valence-corrected chi connectivity index (χ1v) is 7.11. The van der Waals surface area contributed by atoms with E-state index in [4.69, 9.17) is 12.2 Å². The molecule has 0 saturated carbocycles. The summed E-state index contributed by atoms with van der Waals surface area (Å²) >= 11 is 8.31. The van der Waals surface area contributed by atoms with E-state index in [1.165, 1.54) is 12.1 Å². The highest BCUT2D eigenvalue weighted by Crippen LogP contribution is 2.36. The number of halogens is 3. The molecule has 0 radical (unpaired) electrons. The minimum Gasteiger partial charge on any atom is -0.335 e. The van der Waals surface area contributed by atoms with Gasteiger partial charge in [0.25, 0.3) is 0 Å². The summed E-state index contributed by atoms with van der Waals surface area (Å²) in [5.41, 5.74) is 2.16. The summed E-state index contributed by atoms with van der Waals surface area (Å²) in [5, 5.41) is 0. The van der Waals surface area contributed by atoms with Gasteiger partial charge in [0.1, 0.15) is 11.6 Å². The molecule has 0 aliphatic carbocycles. The van der Waals surface area contributed by atoms with Crippen molar-refractivity contribution in [3.8, 4) is 0 Å². The molecule has 1 atom stereocenters. The van der Waals surface area contributed by atoms with Crippen LogP contribution in [0, 0.1) is 23.3 Å². The highest BCUT2D eigenvalue weighted by atomic mass is 79.9. The molecule has 0 bridgehead atoms. The molecule has 0 unspecified atom stereocenters. The Labute approximate surface area is 122 Å². The van der Waals surface area contributed by atoms with Crippen LogP contribution in [0.3, 0.4) is 0 Å². The molecule has 1 N–H and O–H groups in total. The molecule has 1 aromatic heterocycles. The Morgan fingerprint density at radius 1 is 1.42 bits per heavy atom. The molecular weight excluding hydrogens is 334 g/mol. The maximum Gasteiger partial charge on any atom is 0.177 e. The predicted octanol–water partition coefficient (Wildman–Crippen LogP) is 4.23. The number of imidazole rings is 1. The van der Waals surface area contributed by atoms with Gasteiger partial charge in [-0.1, -0.05) is 0 Å². The molecule has 0 amide bonds. The molecule has 0 spiro atoms. The van der Waals surface area contributed by atoms with Gasteiger partial charge in [-0.05, 0) is 53.6 Å². The van der Waals surface area contributed by atoms with E-state index >= 15 is 0 Å². The van der Waals surface area contributed by atoms with Crippen LogP contribution in [0.15, 0.2) is 16.6 Å². The van der Waals surface area contributed by atoms with E-state index in [0.717, 1.165) is 11.4 Å². The van der Waals surface area contributed by atoms with E-state index in [9.17, 15) is 8.78 Å². The molecule has 1 aliphatic rings. The summed E-state index contributed by atoms with van der Waals surface area (Å²) in [6, 6.07) is 2.69. The number of rotatable bonds is 1. The van der Waals surface area contributed by atoms with Gasteiger partial charge in [-0.3, -0.25) is 0 Å². The SMILES string of the molecule is Cc1[nH]c(=S)n2c1C[C@@H](c1c(F)ccc(Br)c1F)C2. The van der Waals surface area contributed by atoms with E-state index < -0.39 is 11.6 Å². The van der Waals surface area contributed by atoms with E-state index in [1.54, 1.807) is 0 Å². The van der Waals surface area contributed by atoms with Gasteiger partial charge in [0.15, 0.2) is 4.77 Å². The first-order valence-electron chi connectivity index (χ1n) is 5.90. The van der Waals surface area contributed by atoms with Gasteiger partial charge in [0.2, 0.25) is 0 Å². The number of H-pyrrole nitrogens is 1. The van der Waals surface area contributed by atoms with Crippen molar-refractivity contribution in [2.24, 2.45) is 0 Å². The summed E-state index contributed by atoms with van der Waals surface area (Å²) in [4.78, 5) is 3.07. The van der Waals surface area contributed by atoms with Crippen LogP contribution >= 0.6 is 28.1 Å². The maximum absolute atomic E-state index is 14.1. The van der Waals surface area contributed by atoms with Crippen molar-refractivity contribution in [2.45, 2.75) is 25.8 Å². The lowest BCUT2D eigenvalue weighted by Crippen LogP contribution is -2.07. The number of aromatic amines is 1. The van der Waals surface area contributed by atoms with Crippen LogP contribution in [0.2, 0.25) is 0 Å². The smallest absolute Gasteiger partial charge is 0.177 e. The zero-order valence-corrected chi connectivity index (χ0v) is 12.5. The minimum absolute atomic E-state index is 0.145. The molecule has 2 aromatic rings. The first kappa shape index (κ1) is 13.0. The van der Waals surface area contributed by atoms with Crippen LogP contribution in [0.4, 0.5) is 8.78 Å². The third-order valence-corrected chi connectivity index (χ3v) is 4.56. The van der Waals surface area contributed by atoms with Crippen LogP contribution in [0.1, 0.15) is 22.9 Å². The summed E-state index contributed by atoms with van der Waals surface area (Å²) in [6.07, 6.45) is 0.600. The lowest BCUT2D eigenvalue weighted by Gasteiger charge is -2.13. The highest BCUT2D eigenvalue weighted by Gasteiger charge is 2.30. The van der Waals surface area contributed by atoms with Gasteiger partial charge in [-0.2, -0.15) is 0 Å². The second-order valence-electron chi connectivity index (χ2n) is 4.77. The fourth-order valence-electron chi connectivity index (χ4n) is 2.71. The fourth-order valence-corrected chi connectivity index (χ4v) is 3.39. The number of nitrogens with one attached hydrogen (secondary N) is 1. The lowest BCUT2D eigenvalue weighted by atomic mass is 9.95. The molecule has 1 aromatic carbocycles. The Bertz CT molecular complexity index is 720. The Hall–Kier alpha value is -1.01. The van der Waals surface area contributed by atoms with Crippen LogP contribution in [0.25, 0.3) is 0 Å². The number of aromatic nitrogens is 2. The Morgan fingerprint density at radius 2 is 2.16 bits per heavy atom. The molecular formula is C13H11BrF2N2S. The van der Waals surface area contributed by atoms with E-state index in [2.05, 4.69) is 20.9 Å². The van der Waals surface area contributed by atoms with Crippen LogP contribution in [-0.2, 0) is 13.0 Å². The van der Waals surface area contributed by atoms with Gasteiger partial charge < -0.3 is 9.55 Å². The number of hydrogen-bond donors (Lipinski definition) is 1. The van der Waals surface area contributed by atoms with E-state index in [-0.39, 0.29) is 11.5 Å². The summed E-state index contributed by atoms with van der Waals surface area (Å²) in [7, 11) is 0. The molecule has 19 heavy (non-hydrogen) atoms. The normalized spacial score (nSPS) is 17.8. The topological polar surface area (TPSA) is 20.7 Å². The fraction of sp³-hybridized carbons (Fsp3) is 0.308. The molecule has 2 nitrogen and oxygen atoms in total. The maximum atomic E-state index is 14.1. The third-order valence-electron chi connectivity index (χ3n) is 3.63. The number of aryl methyl sites for hydroxylation is 1. The van der Waals surface area contributed by atoms with Gasteiger partial charge in [0, 0.05) is 29.4 Å². The number of fused-ring (bicyclic) bond motifs is 1. The minimum atomic E-state index is -0.511. The zero-order valence-electron chi connectivity index (χ0n) is 10.1. The van der Waals surface area contributed by atoms with Crippen molar-refractivity contribution >= 4 is 28.1 Å². The zero-order chi connectivity index (χ0) is 13.7. The molecule has 3 rings (SSSR count). The lowest BCUT2D eigenvalue weighted by molar-refractivity contribution is 0.509. The van der Waals surface area contributed by atoms with E-state index in [0.29, 0.717) is 22.2 Å². The van der Waals surface area contributed by atoms with Crippen molar-refractivity contribution in [3.63, 3.8) is 0 Å². The van der Waals surface area contributed by atoms with Crippen LogP contribution < -0.4 is 0 Å². The summed E-state index contributed by atoms with van der Waals surface area (Å²) in [5.74, 6) is -1.21. The van der Waals surface area contributed by atoms with Crippen molar-refractivity contribution in [1.29, 1.82) is 0 Å². The summed E-state index contributed by atoms with van der Waals surface area (Å²) < 4.78 is 30.9.